The second-order valence-corrected chi connectivity index (χ2v) is 18.2. The van der Waals surface area contributed by atoms with Gasteiger partial charge in [0.05, 0.1) is 26.4 Å². The van der Waals surface area contributed by atoms with E-state index >= 15 is 17.6 Å². The maximum absolute atomic E-state index is 17.6. The van der Waals surface area contributed by atoms with E-state index in [1.165, 1.54) is 18.2 Å². The minimum absolute atomic E-state index is 0.429. The van der Waals surface area contributed by atoms with Crippen molar-refractivity contribution in [3.05, 3.63) is 179 Å². The van der Waals surface area contributed by atoms with Crippen LogP contribution < -0.4 is 0 Å². The molecule has 13 heteroatoms. The molecule has 5 rings (SSSR count). The molecule has 50 heavy (non-hydrogen) atoms. The molecule has 0 heterocycles. The molecule has 0 fully saturated rings. The second kappa shape index (κ2) is 16.5. The first-order valence-electron chi connectivity index (χ1n) is 15.4. The van der Waals surface area contributed by atoms with E-state index in [0.717, 1.165) is 12.1 Å². The highest BCUT2D eigenvalue weighted by atomic mass is 32.5. The van der Waals surface area contributed by atoms with Crippen LogP contribution in [-0.4, -0.2) is 16.4 Å². The Morgan fingerprint density at radius 2 is 0.640 bits per heavy atom. The fraction of sp³-hybridized carbons (Fsp3) is 0.189. The van der Waals surface area contributed by atoms with Crippen molar-refractivity contribution in [1.82, 2.24) is 0 Å². The van der Waals surface area contributed by atoms with Gasteiger partial charge in [0.25, 0.3) is 13.0 Å². The highest BCUT2D eigenvalue weighted by Gasteiger charge is 2.79. The van der Waals surface area contributed by atoms with Gasteiger partial charge in [-0.1, -0.05) is 152 Å². The third-order valence-corrected chi connectivity index (χ3v) is 14.3. The molecular weight excluding hydrogens is 726 g/mol. The predicted octanol–water partition coefficient (Wildman–Crippen LogP) is 10.5. The van der Waals surface area contributed by atoms with Gasteiger partial charge in [0.15, 0.2) is 0 Å². The monoisotopic (exact) mass is 760 g/mol. The van der Waals surface area contributed by atoms with Gasteiger partial charge < -0.3 is 23.2 Å². The van der Waals surface area contributed by atoms with Gasteiger partial charge in [-0.15, -0.1) is 0 Å². The summed E-state index contributed by atoms with van der Waals surface area (Å²) in [4.78, 5) is 0. The summed E-state index contributed by atoms with van der Waals surface area (Å²) in [6, 6.07) is 38.7. The van der Waals surface area contributed by atoms with Gasteiger partial charge in [-0.3, -0.25) is 0 Å². The molecule has 0 saturated heterocycles. The average Bonchev–Trinajstić information content (AvgIpc) is 3.16. The average molecular weight is 761 g/mol. The molecule has 0 spiro atoms. The molecular formula is C37H34F4O5P2S2. The number of hydrogen-bond acceptors (Lipinski definition) is 7. The number of alkyl halides is 4. The summed E-state index contributed by atoms with van der Waals surface area (Å²) >= 11 is 11.0. The molecule has 0 saturated carbocycles. The Bertz CT molecular complexity index is 1680. The van der Waals surface area contributed by atoms with E-state index in [1.807, 2.05) is 0 Å². The van der Waals surface area contributed by atoms with Crippen molar-refractivity contribution in [1.29, 1.82) is 0 Å². The van der Waals surface area contributed by atoms with Gasteiger partial charge in [0.1, 0.15) is 0 Å². The smallest absolute Gasteiger partial charge is 0.359 e. The predicted molar refractivity (Wildman–Crippen MR) is 194 cm³/mol. The lowest BCUT2D eigenvalue weighted by Gasteiger charge is -2.47. The van der Waals surface area contributed by atoms with Crippen LogP contribution in [0.4, 0.5) is 17.6 Å². The normalized spacial score (nSPS) is 12.9. The minimum atomic E-state index is -5.23. The Kier molecular flexibility index (Phi) is 12.6. The van der Waals surface area contributed by atoms with E-state index in [9.17, 15) is 5.11 Å². The maximum Gasteiger partial charge on any atom is 0.359 e. The minimum Gasteiger partial charge on any atom is -0.373 e. The molecule has 5 nitrogen and oxygen atoms in total. The molecule has 0 radical (unpaired) electrons. The highest BCUT2D eigenvalue weighted by molar-refractivity contribution is 8.11. The van der Waals surface area contributed by atoms with Gasteiger partial charge in [-0.2, -0.15) is 17.6 Å². The molecule has 5 aromatic carbocycles. The summed E-state index contributed by atoms with van der Waals surface area (Å²) < 4.78 is 93.1. The van der Waals surface area contributed by atoms with Crippen LogP contribution in [0, 0.1) is 0 Å². The summed E-state index contributed by atoms with van der Waals surface area (Å²) in [7, 11) is 0. The Labute approximate surface area is 299 Å². The Morgan fingerprint density at radius 1 is 0.420 bits per heavy atom. The quantitative estimate of drug-likeness (QED) is 0.0748. The van der Waals surface area contributed by atoms with Gasteiger partial charge in [0, 0.05) is 0 Å². The molecule has 0 aliphatic rings. The molecule has 0 aliphatic carbocycles. The van der Waals surface area contributed by atoms with E-state index in [1.54, 1.807) is 121 Å². The summed E-state index contributed by atoms with van der Waals surface area (Å²) in [5.41, 5.74) is -13.6. The zero-order valence-corrected chi connectivity index (χ0v) is 30.0. The molecule has 262 valence electrons. The van der Waals surface area contributed by atoms with Crippen molar-refractivity contribution in [2.24, 2.45) is 0 Å². The van der Waals surface area contributed by atoms with Crippen molar-refractivity contribution >= 4 is 36.6 Å². The fourth-order valence-electron chi connectivity index (χ4n) is 4.94. The molecule has 0 amide bonds. The first kappa shape index (κ1) is 38.2. The second-order valence-electron chi connectivity index (χ2n) is 11.2. The van der Waals surface area contributed by atoms with Crippen LogP contribution in [0.2, 0.25) is 0 Å². The van der Waals surface area contributed by atoms with Gasteiger partial charge in [0.2, 0.25) is 5.60 Å². The Balaban J connectivity index is 1.64. The lowest BCUT2D eigenvalue weighted by Crippen LogP contribution is -2.58. The van der Waals surface area contributed by atoms with Crippen LogP contribution >= 0.6 is 13.0 Å². The van der Waals surface area contributed by atoms with Gasteiger partial charge in [-0.05, 0) is 51.4 Å². The number of rotatable bonds is 17. The fourth-order valence-corrected chi connectivity index (χ4v) is 9.86. The Morgan fingerprint density at radius 3 is 0.880 bits per heavy atom. The van der Waals surface area contributed by atoms with Gasteiger partial charge >= 0.3 is 11.3 Å². The SMILES string of the molecule is OC(c1ccccc1)(C(F)(F)P(=S)(OCc1ccccc1)OCc1ccccc1)C(F)(F)P(=S)(OCc1ccccc1)OCc1ccccc1. The molecule has 0 atom stereocenters. The van der Waals surface area contributed by atoms with Crippen LogP contribution in [0.5, 0.6) is 0 Å². The summed E-state index contributed by atoms with van der Waals surface area (Å²) in [6.07, 6.45) is 0. The van der Waals surface area contributed by atoms with Crippen LogP contribution in [0.15, 0.2) is 152 Å². The summed E-state index contributed by atoms with van der Waals surface area (Å²) in [5, 5.41) is 12.3. The van der Waals surface area contributed by atoms with Crippen LogP contribution in [-0.2, 0) is 73.7 Å². The molecule has 0 unspecified atom stereocenters. The highest BCUT2D eigenvalue weighted by Crippen LogP contribution is 2.78. The molecule has 5 aromatic rings. The number of hydrogen-bond donors (Lipinski definition) is 1. The Hall–Kier alpha value is -3.08. The van der Waals surface area contributed by atoms with Crippen LogP contribution in [0.1, 0.15) is 27.8 Å². The van der Waals surface area contributed by atoms with Crippen LogP contribution in [0.25, 0.3) is 0 Å². The largest absolute Gasteiger partial charge is 0.373 e. The lowest BCUT2D eigenvalue weighted by molar-refractivity contribution is -0.235. The third-order valence-electron chi connectivity index (χ3n) is 7.73. The van der Waals surface area contributed by atoms with E-state index in [4.69, 9.17) is 41.7 Å². The molecule has 1 N–H and O–H groups in total. The van der Waals surface area contributed by atoms with Crippen molar-refractivity contribution in [2.45, 2.75) is 43.4 Å². The van der Waals surface area contributed by atoms with E-state index in [2.05, 4.69) is 0 Å². The number of benzene rings is 5. The number of aliphatic hydroxyl groups is 1. The number of halogens is 4. The molecule has 0 bridgehead atoms. The van der Waals surface area contributed by atoms with E-state index < -0.39 is 61.9 Å². The van der Waals surface area contributed by atoms with Crippen LogP contribution in [0.3, 0.4) is 0 Å². The van der Waals surface area contributed by atoms with Gasteiger partial charge in [-0.25, -0.2) is 0 Å². The van der Waals surface area contributed by atoms with Crippen molar-refractivity contribution in [3.63, 3.8) is 0 Å². The molecule has 0 aliphatic heterocycles. The summed E-state index contributed by atoms with van der Waals surface area (Å²) in [5.74, 6) is 0. The van der Waals surface area contributed by atoms with Crippen molar-refractivity contribution in [3.8, 4) is 0 Å². The summed E-state index contributed by atoms with van der Waals surface area (Å²) in [6.45, 7) is -12.5. The first-order chi connectivity index (χ1) is 23.9. The maximum atomic E-state index is 17.6. The van der Waals surface area contributed by atoms with Crippen molar-refractivity contribution < 1.29 is 40.8 Å². The van der Waals surface area contributed by atoms with Crippen molar-refractivity contribution in [2.75, 3.05) is 0 Å². The zero-order chi connectivity index (χ0) is 35.7. The third kappa shape index (κ3) is 8.18. The molecule has 0 aromatic heterocycles. The zero-order valence-electron chi connectivity index (χ0n) is 26.6. The topological polar surface area (TPSA) is 57.2 Å². The standard InChI is InChI=1S/C37H34F4O5P2S2/c38-36(39,47(49,43-26-30-16-6-1-7-17-30)44-27-31-18-8-2-9-19-31)35(42,34-24-14-5-15-25-34)37(40,41)48(50,45-28-32-20-10-3-11-21-32)46-29-33-22-12-4-13-23-33/h1-25,42H,26-29H2. The lowest BCUT2D eigenvalue weighted by atomic mass is 9.94. The van der Waals surface area contributed by atoms with E-state index in [-0.39, 0.29) is 0 Å². The van der Waals surface area contributed by atoms with E-state index in [0.29, 0.717) is 22.3 Å². The first-order valence-corrected chi connectivity index (χ1v) is 20.7.